The molecule has 0 unspecified atom stereocenters. The molecule has 2 N–H and O–H groups in total. The fourth-order valence-electron chi connectivity index (χ4n) is 2.15. The van der Waals surface area contributed by atoms with Crippen molar-refractivity contribution in [2.45, 2.75) is 32.5 Å². The van der Waals surface area contributed by atoms with Gasteiger partial charge in [-0.05, 0) is 30.2 Å². The van der Waals surface area contributed by atoms with Crippen LogP contribution in [0.3, 0.4) is 0 Å². The molecule has 0 atom stereocenters. The summed E-state index contributed by atoms with van der Waals surface area (Å²) in [5.41, 5.74) is 5.50. The first-order chi connectivity index (χ1) is 9.47. The van der Waals surface area contributed by atoms with Gasteiger partial charge in [0.05, 0.1) is 5.56 Å². The van der Waals surface area contributed by atoms with Gasteiger partial charge in [-0.15, -0.1) is 0 Å². The van der Waals surface area contributed by atoms with E-state index in [1.165, 1.54) is 12.1 Å². The van der Waals surface area contributed by atoms with E-state index >= 15 is 0 Å². The number of halogens is 3. The van der Waals surface area contributed by atoms with Crippen molar-refractivity contribution < 1.29 is 13.2 Å². The van der Waals surface area contributed by atoms with Crippen LogP contribution < -0.4 is 5.73 Å². The zero-order valence-corrected chi connectivity index (χ0v) is 11.1. The van der Waals surface area contributed by atoms with Crippen LogP contribution in [-0.4, -0.2) is 9.55 Å². The molecule has 0 spiro atoms. The molecule has 1 aromatic heterocycles. The molecule has 0 aliphatic carbocycles. The van der Waals surface area contributed by atoms with Crippen LogP contribution in [0.15, 0.2) is 30.6 Å². The van der Waals surface area contributed by atoms with Crippen molar-refractivity contribution in [3.05, 3.63) is 47.5 Å². The van der Waals surface area contributed by atoms with Crippen LogP contribution in [0.5, 0.6) is 0 Å². The van der Waals surface area contributed by atoms with Crippen LogP contribution in [0.25, 0.3) is 5.69 Å². The Balaban J connectivity index is 2.46. The van der Waals surface area contributed by atoms with E-state index in [0.29, 0.717) is 5.69 Å². The maximum atomic E-state index is 12.8. The van der Waals surface area contributed by atoms with Gasteiger partial charge in [-0.3, -0.25) is 0 Å². The second-order valence-electron chi connectivity index (χ2n) is 4.51. The van der Waals surface area contributed by atoms with Gasteiger partial charge < -0.3 is 10.3 Å². The molecule has 1 heterocycles. The Morgan fingerprint density at radius 3 is 2.65 bits per heavy atom. The van der Waals surface area contributed by atoms with E-state index < -0.39 is 11.7 Å². The monoisotopic (exact) mass is 283 g/mol. The number of hydrogen-bond acceptors (Lipinski definition) is 2. The van der Waals surface area contributed by atoms with E-state index in [2.05, 4.69) is 4.98 Å². The summed E-state index contributed by atoms with van der Waals surface area (Å²) in [6.07, 6.45) is 0.695. The van der Waals surface area contributed by atoms with Crippen molar-refractivity contribution in [1.82, 2.24) is 9.55 Å². The molecule has 0 saturated carbocycles. The van der Waals surface area contributed by atoms with Crippen molar-refractivity contribution in [1.29, 1.82) is 0 Å². The lowest BCUT2D eigenvalue weighted by Gasteiger charge is -2.14. The quantitative estimate of drug-likeness (QED) is 0.935. The summed E-state index contributed by atoms with van der Waals surface area (Å²) in [6, 6.07) is 4.00. The normalized spacial score (nSPS) is 11.8. The molecule has 108 valence electrons. The zero-order valence-electron chi connectivity index (χ0n) is 11.1. The SMILES string of the molecule is CCCc1nccn1-c1ccc(C(F)(F)F)c(CN)c1. The first-order valence-corrected chi connectivity index (χ1v) is 6.40. The molecule has 6 heteroatoms. The first-order valence-electron chi connectivity index (χ1n) is 6.40. The molecule has 0 bridgehead atoms. The first kappa shape index (κ1) is 14.6. The Kier molecular flexibility index (Phi) is 4.13. The zero-order chi connectivity index (χ0) is 14.8. The van der Waals surface area contributed by atoms with E-state index in [1.54, 1.807) is 17.0 Å². The van der Waals surface area contributed by atoms with Crippen LogP contribution in [0, 0.1) is 0 Å². The maximum Gasteiger partial charge on any atom is 0.416 e. The van der Waals surface area contributed by atoms with Gasteiger partial charge in [0.1, 0.15) is 5.82 Å². The Morgan fingerprint density at radius 2 is 2.05 bits per heavy atom. The molecule has 0 aliphatic rings. The number of nitrogens with two attached hydrogens (primary N) is 1. The molecule has 0 fully saturated rings. The smallest absolute Gasteiger partial charge is 0.326 e. The standard InChI is InChI=1S/C14H16F3N3/c1-2-3-13-19-6-7-20(13)11-4-5-12(14(15,16)17)10(8-11)9-18/h4-8H,2-3,9,18H2,1H3. The fraction of sp³-hybridized carbons (Fsp3) is 0.357. The molecule has 0 saturated heterocycles. The lowest BCUT2D eigenvalue weighted by atomic mass is 10.1. The molecule has 0 amide bonds. The lowest BCUT2D eigenvalue weighted by molar-refractivity contribution is -0.138. The maximum absolute atomic E-state index is 12.8. The minimum atomic E-state index is -4.38. The summed E-state index contributed by atoms with van der Waals surface area (Å²) in [4.78, 5) is 4.22. The second kappa shape index (κ2) is 5.66. The van der Waals surface area contributed by atoms with Crippen molar-refractivity contribution >= 4 is 0 Å². The minimum absolute atomic E-state index is 0.0890. The van der Waals surface area contributed by atoms with Gasteiger partial charge in [0.15, 0.2) is 0 Å². The summed E-state index contributed by atoms with van der Waals surface area (Å²) in [5, 5.41) is 0. The second-order valence-corrected chi connectivity index (χ2v) is 4.51. The summed E-state index contributed by atoms with van der Waals surface area (Å²) in [7, 11) is 0. The van der Waals surface area contributed by atoms with Crippen molar-refractivity contribution in [3.8, 4) is 5.69 Å². The predicted octanol–water partition coefficient (Wildman–Crippen LogP) is 3.30. The van der Waals surface area contributed by atoms with Gasteiger partial charge in [0, 0.05) is 31.0 Å². The van der Waals surface area contributed by atoms with Gasteiger partial charge in [0.2, 0.25) is 0 Å². The van der Waals surface area contributed by atoms with E-state index in [4.69, 9.17) is 5.73 Å². The number of nitrogens with zero attached hydrogens (tertiary/aromatic N) is 2. The third-order valence-corrected chi connectivity index (χ3v) is 3.08. The highest BCUT2D eigenvalue weighted by molar-refractivity contribution is 5.42. The van der Waals surface area contributed by atoms with Gasteiger partial charge in [-0.1, -0.05) is 6.92 Å². The summed E-state index contributed by atoms with van der Waals surface area (Å²) < 4.78 is 40.3. The molecule has 2 aromatic rings. The Morgan fingerprint density at radius 1 is 1.30 bits per heavy atom. The van der Waals surface area contributed by atoms with Crippen LogP contribution in [-0.2, 0) is 19.1 Å². The van der Waals surface area contributed by atoms with E-state index in [0.717, 1.165) is 24.7 Å². The Hall–Kier alpha value is -1.82. The fourth-order valence-corrected chi connectivity index (χ4v) is 2.15. The topological polar surface area (TPSA) is 43.8 Å². The van der Waals surface area contributed by atoms with Crippen LogP contribution >= 0.6 is 0 Å². The van der Waals surface area contributed by atoms with E-state index in [1.807, 2.05) is 6.92 Å². The molecule has 0 radical (unpaired) electrons. The number of alkyl halides is 3. The third kappa shape index (κ3) is 2.85. The minimum Gasteiger partial charge on any atom is -0.326 e. The highest BCUT2D eigenvalue weighted by atomic mass is 19.4. The predicted molar refractivity (Wildman–Crippen MR) is 70.5 cm³/mol. The van der Waals surface area contributed by atoms with Crippen LogP contribution in [0.1, 0.15) is 30.3 Å². The summed E-state index contributed by atoms with van der Waals surface area (Å²) in [6.45, 7) is 1.87. The third-order valence-electron chi connectivity index (χ3n) is 3.08. The van der Waals surface area contributed by atoms with Crippen molar-refractivity contribution in [2.75, 3.05) is 0 Å². The Bertz CT molecular complexity index is 588. The number of aromatic nitrogens is 2. The molecule has 0 aliphatic heterocycles. The Labute approximate surface area is 115 Å². The van der Waals surface area contributed by atoms with Gasteiger partial charge in [-0.25, -0.2) is 4.98 Å². The average Bonchev–Trinajstić information content (AvgIpc) is 2.85. The molecular formula is C14H16F3N3. The molecular weight excluding hydrogens is 267 g/mol. The largest absolute Gasteiger partial charge is 0.416 e. The molecule has 2 rings (SSSR count). The van der Waals surface area contributed by atoms with Gasteiger partial charge in [0.25, 0.3) is 0 Å². The van der Waals surface area contributed by atoms with Gasteiger partial charge >= 0.3 is 6.18 Å². The highest BCUT2D eigenvalue weighted by Gasteiger charge is 2.33. The van der Waals surface area contributed by atoms with Gasteiger partial charge in [-0.2, -0.15) is 13.2 Å². The molecule has 20 heavy (non-hydrogen) atoms. The lowest BCUT2D eigenvalue weighted by Crippen LogP contribution is -2.13. The molecule has 1 aromatic carbocycles. The van der Waals surface area contributed by atoms with E-state index in [9.17, 15) is 13.2 Å². The number of aryl methyl sites for hydroxylation is 1. The van der Waals surface area contributed by atoms with Crippen LogP contribution in [0.4, 0.5) is 13.2 Å². The number of rotatable bonds is 4. The number of imidazole rings is 1. The van der Waals surface area contributed by atoms with Crippen molar-refractivity contribution in [2.24, 2.45) is 5.73 Å². The van der Waals surface area contributed by atoms with E-state index in [-0.39, 0.29) is 12.1 Å². The van der Waals surface area contributed by atoms with Crippen molar-refractivity contribution in [3.63, 3.8) is 0 Å². The summed E-state index contributed by atoms with van der Waals surface area (Å²) >= 11 is 0. The molecule has 3 nitrogen and oxygen atoms in total. The average molecular weight is 283 g/mol. The number of hydrogen-bond donors (Lipinski definition) is 1. The summed E-state index contributed by atoms with van der Waals surface area (Å²) in [5.74, 6) is 0.829. The van der Waals surface area contributed by atoms with Crippen LogP contribution in [0.2, 0.25) is 0 Å². The number of benzene rings is 1. The highest BCUT2D eigenvalue weighted by Crippen LogP contribution is 2.33.